The van der Waals surface area contributed by atoms with Gasteiger partial charge in [0.1, 0.15) is 0 Å². The van der Waals surface area contributed by atoms with Crippen molar-refractivity contribution in [1.82, 2.24) is 9.80 Å². The van der Waals surface area contributed by atoms with Crippen molar-refractivity contribution in [2.75, 3.05) is 37.8 Å². The van der Waals surface area contributed by atoms with Crippen molar-refractivity contribution in [3.8, 4) is 0 Å². The predicted octanol–water partition coefficient (Wildman–Crippen LogP) is 0.701. The van der Waals surface area contributed by atoms with Gasteiger partial charge < -0.3 is 15.5 Å². The minimum Gasteiger partial charge on any atom is -0.399 e. The first kappa shape index (κ1) is 17.9. The molecule has 1 saturated heterocycles. The van der Waals surface area contributed by atoms with Crippen LogP contribution in [-0.2, 0) is 14.4 Å². The minimum atomic E-state index is -0.839. The number of likely N-dealkylation sites (N-methyl/N-ethyl adjacent to an activating group) is 1. The SMILES string of the molecule is CC(=O)N(C(=O)C(=O)N(C)C1CCN(C)CC1)c1ccc(N)cc1. The standard InChI is InChI=1S/C17H24N4O3/c1-12(22)21(15-6-4-13(18)5-7-15)17(24)16(23)20(3)14-8-10-19(2)11-9-14/h4-7,14H,8-11,18H2,1-3H3. The lowest BCUT2D eigenvalue weighted by molar-refractivity contribution is -0.146. The number of rotatable bonds is 2. The number of nitrogens with zero attached hydrogens (tertiary/aromatic N) is 3. The molecule has 3 amide bonds. The van der Waals surface area contributed by atoms with Crippen molar-refractivity contribution in [1.29, 1.82) is 0 Å². The summed E-state index contributed by atoms with van der Waals surface area (Å²) >= 11 is 0. The number of imide groups is 1. The Bertz CT molecular complexity index is 621. The number of piperidine rings is 1. The van der Waals surface area contributed by atoms with Crippen LogP contribution in [0.1, 0.15) is 19.8 Å². The van der Waals surface area contributed by atoms with E-state index < -0.39 is 17.7 Å². The molecule has 0 bridgehead atoms. The Morgan fingerprint density at radius 3 is 2.12 bits per heavy atom. The Hall–Kier alpha value is -2.41. The Morgan fingerprint density at radius 2 is 1.62 bits per heavy atom. The highest BCUT2D eigenvalue weighted by Crippen LogP contribution is 2.19. The van der Waals surface area contributed by atoms with Crippen molar-refractivity contribution >= 4 is 29.1 Å². The number of anilines is 2. The zero-order chi connectivity index (χ0) is 17.9. The Kier molecular flexibility index (Phi) is 5.56. The van der Waals surface area contributed by atoms with Gasteiger partial charge in [-0.25, -0.2) is 4.90 Å². The Balaban J connectivity index is 2.15. The van der Waals surface area contributed by atoms with Gasteiger partial charge in [-0.2, -0.15) is 0 Å². The fraction of sp³-hybridized carbons (Fsp3) is 0.471. The lowest BCUT2D eigenvalue weighted by atomic mass is 10.0. The van der Waals surface area contributed by atoms with E-state index in [0.717, 1.165) is 30.8 Å². The lowest BCUT2D eigenvalue weighted by Crippen LogP contribution is -2.51. The number of hydrogen-bond acceptors (Lipinski definition) is 5. The van der Waals surface area contributed by atoms with Gasteiger partial charge in [-0.15, -0.1) is 0 Å². The molecule has 1 aromatic carbocycles. The zero-order valence-electron chi connectivity index (χ0n) is 14.4. The number of carbonyl (C=O) groups is 3. The number of amides is 3. The minimum absolute atomic E-state index is 0.0119. The van der Waals surface area contributed by atoms with Gasteiger partial charge in [-0.05, 0) is 57.2 Å². The fourth-order valence-corrected chi connectivity index (χ4v) is 2.86. The second-order valence-electron chi connectivity index (χ2n) is 6.20. The van der Waals surface area contributed by atoms with Gasteiger partial charge in [-0.3, -0.25) is 14.4 Å². The molecule has 7 nitrogen and oxygen atoms in total. The van der Waals surface area contributed by atoms with E-state index in [2.05, 4.69) is 4.90 Å². The second-order valence-corrected chi connectivity index (χ2v) is 6.20. The van der Waals surface area contributed by atoms with Crippen LogP contribution >= 0.6 is 0 Å². The monoisotopic (exact) mass is 332 g/mol. The van der Waals surface area contributed by atoms with Gasteiger partial charge in [0.15, 0.2) is 0 Å². The summed E-state index contributed by atoms with van der Waals surface area (Å²) < 4.78 is 0. The number of nitrogens with two attached hydrogens (primary N) is 1. The number of carbonyl (C=O) groups excluding carboxylic acids is 3. The summed E-state index contributed by atoms with van der Waals surface area (Å²) in [5.74, 6) is -2.01. The maximum absolute atomic E-state index is 12.6. The Labute approximate surface area is 142 Å². The van der Waals surface area contributed by atoms with E-state index in [4.69, 9.17) is 5.73 Å². The highest BCUT2D eigenvalue weighted by molar-refractivity contribution is 6.45. The molecule has 0 unspecified atom stereocenters. The van der Waals surface area contributed by atoms with E-state index >= 15 is 0 Å². The average Bonchev–Trinajstić information content (AvgIpc) is 2.55. The summed E-state index contributed by atoms with van der Waals surface area (Å²) in [6, 6.07) is 6.29. The maximum Gasteiger partial charge on any atom is 0.323 e. The van der Waals surface area contributed by atoms with E-state index in [9.17, 15) is 14.4 Å². The van der Waals surface area contributed by atoms with Crippen LogP contribution in [0.15, 0.2) is 24.3 Å². The van der Waals surface area contributed by atoms with Crippen molar-refractivity contribution in [2.24, 2.45) is 0 Å². The van der Waals surface area contributed by atoms with Gasteiger partial charge in [0.25, 0.3) is 0 Å². The van der Waals surface area contributed by atoms with Crippen molar-refractivity contribution < 1.29 is 14.4 Å². The molecule has 0 aliphatic carbocycles. The van der Waals surface area contributed by atoms with Gasteiger partial charge >= 0.3 is 11.8 Å². The van der Waals surface area contributed by atoms with Gasteiger partial charge in [0, 0.05) is 25.7 Å². The highest BCUT2D eigenvalue weighted by atomic mass is 16.2. The number of likely N-dealkylation sites (tertiary alicyclic amines) is 1. The third-order valence-electron chi connectivity index (χ3n) is 4.41. The first-order valence-electron chi connectivity index (χ1n) is 7.97. The summed E-state index contributed by atoms with van der Waals surface area (Å²) in [5.41, 5.74) is 6.49. The van der Waals surface area contributed by atoms with Gasteiger partial charge in [-0.1, -0.05) is 0 Å². The van der Waals surface area contributed by atoms with Crippen molar-refractivity contribution in [2.45, 2.75) is 25.8 Å². The van der Waals surface area contributed by atoms with E-state index in [1.807, 2.05) is 7.05 Å². The molecule has 0 aromatic heterocycles. The second kappa shape index (κ2) is 7.44. The first-order valence-corrected chi connectivity index (χ1v) is 7.97. The molecule has 24 heavy (non-hydrogen) atoms. The smallest absolute Gasteiger partial charge is 0.323 e. The van der Waals surface area contributed by atoms with Crippen LogP contribution in [0.2, 0.25) is 0 Å². The molecule has 1 fully saturated rings. The molecule has 7 heteroatoms. The lowest BCUT2D eigenvalue weighted by Gasteiger charge is -2.35. The predicted molar refractivity (Wildman–Crippen MR) is 92.3 cm³/mol. The highest BCUT2D eigenvalue weighted by Gasteiger charge is 2.33. The van der Waals surface area contributed by atoms with E-state index in [1.165, 1.54) is 11.8 Å². The van der Waals surface area contributed by atoms with Crippen LogP contribution in [0, 0.1) is 0 Å². The largest absolute Gasteiger partial charge is 0.399 e. The van der Waals surface area contributed by atoms with Gasteiger partial charge in [0.2, 0.25) is 5.91 Å². The average molecular weight is 332 g/mol. The van der Waals surface area contributed by atoms with Crippen LogP contribution in [-0.4, -0.2) is 60.7 Å². The molecule has 2 N–H and O–H groups in total. The van der Waals surface area contributed by atoms with Crippen LogP contribution in [0.25, 0.3) is 0 Å². The fourth-order valence-electron chi connectivity index (χ4n) is 2.86. The summed E-state index contributed by atoms with van der Waals surface area (Å²) in [5, 5.41) is 0. The molecule has 1 aromatic rings. The number of benzene rings is 1. The van der Waals surface area contributed by atoms with Gasteiger partial charge in [0.05, 0.1) is 5.69 Å². The summed E-state index contributed by atoms with van der Waals surface area (Å²) in [4.78, 5) is 41.6. The van der Waals surface area contributed by atoms with Crippen LogP contribution in [0.4, 0.5) is 11.4 Å². The molecule has 0 saturated carbocycles. The van der Waals surface area contributed by atoms with E-state index in [1.54, 1.807) is 31.3 Å². The molecule has 0 spiro atoms. The summed E-state index contributed by atoms with van der Waals surface area (Å²) in [7, 11) is 3.65. The third-order valence-corrected chi connectivity index (χ3v) is 4.41. The molecule has 2 rings (SSSR count). The molecule has 130 valence electrons. The van der Waals surface area contributed by atoms with Crippen LogP contribution in [0.3, 0.4) is 0 Å². The molecular weight excluding hydrogens is 308 g/mol. The van der Waals surface area contributed by atoms with Crippen LogP contribution in [0.5, 0.6) is 0 Å². The van der Waals surface area contributed by atoms with Crippen molar-refractivity contribution in [3.05, 3.63) is 24.3 Å². The van der Waals surface area contributed by atoms with Crippen LogP contribution < -0.4 is 10.6 Å². The zero-order valence-corrected chi connectivity index (χ0v) is 14.4. The molecule has 0 atom stereocenters. The maximum atomic E-state index is 12.6. The molecule has 1 aliphatic heterocycles. The van der Waals surface area contributed by atoms with Crippen molar-refractivity contribution in [3.63, 3.8) is 0 Å². The summed E-state index contributed by atoms with van der Waals surface area (Å²) in [6.07, 6.45) is 1.63. The number of nitrogen functional groups attached to an aromatic ring is 1. The topological polar surface area (TPSA) is 87.0 Å². The third kappa shape index (κ3) is 3.91. The Morgan fingerprint density at radius 1 is 1.08 bits per heavy atom. The molecular formula is C17H24N4O3. The molecule has 0 radical (unpaired) electrons. The van der Waals surface area contributed by atoms with E-state index in [0.29, 0.717) is 11.4 Å². The number of hydrogen-bond donors (Lipinski definition) is 1. The molecule has 1 heterocycles. The normalized spacial score (nSPS) is 15.8. The quantitative estimate of drug-likeness (QED) is 0.636. The van der Waals surface area contributed by atoms with E-state index in [-0.39, 0.29) is 6.04 Å². The summed E-state index contributed by atoms with van der Waals surface area (Å²) in [6.45, 7) is 3.02. The first-order chi connectivity index (χ1) is 11.3. The molecule has 1 aliphatic rings.